The van der Waals surface area contributed by atoms with Gasteiger partial charge in [-0.1, -0.05) is 56.3 Å². The maximum atomic E-state index is 14.4. The van der Waals surface area contributed by atoms with Crippen molar-refractivity contribution in [1.82, 2.24) is 14.5 Å². The first-order chi connectivity index (χ1) is 23.8. The highest BCUT2D eigenvalue weighted by Crippen LogP contribution is 2.33. The van der Waals surface area contributed by atoms with Gasteiger partial charge in [-0.2, -0.15) is 0 Å². The molecule has 0 spiro atoms. The molecule has 252 valence electrons. The molecule has 2 aromatic heterocycles. The normalized spacial score (nSPS) is 10.8. The lowest BCUT2D eigenvalue weighted by Gasteiger charge is -2.15. The molecule has 0 unspecified atom stereocenters. The molecule has 0 bridgehead atoms. The van der Waals surface area contributed by atoms with Crippen LogP contribution in [0.25, 0.3) is 33.4 Å². The Morgan fingerprint density at radius 3 is 2.41 bits per heavy atom. The van der Waals surface area contributed by atoms with Gasteiger partial charge >= 0.3 is 5.97 Å². The van der Waals surface area contributed by atoms with E-state index in [-0.39, 0.29) is 18.0 Å². The molecule has 6 aromatic rings. The Hall–Kier alpha value is -5.54. The number of benzene rings is 4. The van der Waals surface area contributed by atoms with Gasteiger partial charge in [-0.15, -0.1) is 0 Å². The van der Waals surface area contributed by atoms with E-state index in [0.29, 0.717) is 42.2 Å². The van der Waals surface area contributed by atoms with Gasteiger partial charge in [-0.05, 0) is 77.7 Å². The lowest BCUT2D eigenvalue weighted by atomic mass is 9.94. The summed E-state index contributed by atoms with van der Waals surface area (Å²) in [6.07, 6.45) is 0.478. The summed E-state index contributed by atoms with van der Waals surface area (Å²) in [4.78, 5) is 21.4. The van der Waals surface area contributed by atoms with Gasteiger partial charge in [0.25, 0.3) is 0 Å². The molecule has 0 atom stereocenters. The fraction of sp³-hybridized carbons (Fsp3) is 0.225. The van der Waals surface area contributed by atoms with E-state index < -0.39 is 5.97 Å². The van der Waals surface area contributed by atoms with Crippen LogP contribution in [-0.4, -0.2) is 46.4 Å². The molecule has 8 nitrogen and oxygen atoms in total. The van der Waals surface area contributed by atoms with Crippen LogP contribution in [0.5, 0.6) is 11.6 Å². The Balaban J connectivity index is 0.00000230. The lowest BCUT2D eigenvalue weighted by molar-refractivity contribution is 0.0697. The third kappa shape index (κ3) is 8.13. The zero-order valence-electron chi connectivity index (χ0n) is 28.4. The van der Waals surface area contributed by atoms with Gasteiger partial charge in [0.1, 0.15) is 24.0 Å². The minimum Gasteiger partial charge on any atom is -0.497 e. The van der Waals surface area contributed by atoms with Crippen molar-refractivity contribution in [2.45, 2.75) is 40.3 Å². The molecule has 0 fully saturated rings. The van der Waals surface area contributed by atoms with Gasteiger partial charge in [-0.3, -0.25) is 0 Å². The molecule has 9 heteroatoms. The molecule has 1 N–H and O–H groups in total. The summed E-state index contributed by atoms with van der Waals surface area (Å²) in [5, 5.41) is 9.61. The number of aromatic carboxylic acids is 1. The van der Waals surface area contributed by atoms with Crippen LogP contribution < -0.4 is 9.47 Å². The van der Waals surface area contributed by atoms with Crippen LogP contribution in [0.3, 0.4) is 0 Å². The van der Waals surface area contributed by atoms with E-state index in [0.717, 1.165) is 44.9 Å². The van der Waals surface area contributed by atoms with Crippen molar-refractivity contribution < 1.29 is 28.5 Å². The average Bonchev–Trinajstić information content (AvgIpc) is 3.47. The van der Waals surface area contributed by atoms with Crippen molar-refractivity contribution >= 4 is 17.0 Å². The van der Waals surface area contributed by atoms with Gasteiger partial charge < -0.3 is 23.9 Å². The number of halogens is 1. The van der Waals surface area contributed by atoms with Crippen molar-refractivity contribution in [2.24, 2.45) is 0 Å². The second-order valence-corrected chi connectivity index (χ2v) is 11.2. The van der Waals surface area contributed by atoms with Crippen molar-refractivity contribution in [1.29, 1.82) is 0 Å². The Kier molecular flexibility index (Phi) is 11.4. The van der Waals surface area contributed by atoms with Gasteiger partial charge in [0.05, 0.1) is 36.0 Å². The fourth-order valence-electron chi connectivity index (χ4n) is 5.57. The number of imidazole rings is 1. The number of carbonyl (C=O) groups is 1. The first-order valence-corrected chi connectivity index (χ1v) is 16.2. The van der Waals surface area contributed by atoms with E-state index in [1.54, 1.807) is 44.6 Å². The van der Waals surface area contributed by atoms with Crippen molar-refractivity contribution in [3.05, 3.63) is 131 Å². The number of carboxylic acid groups (broad SMARTS) is 1. The Morgan fingerprint density at radius 2 is 1.65 bits per heavy atom. The molecule has 0 aliphatic carbocycles. The molecule has 6 rings (SSSR count). The van der Waals surface area contributed by atoms with E-state index >= 15 is 0 Å². The number of aromatic nitrogens is 3. The number of hydrogen-bond acceptors (Lipinski definition) is 6. The maximum Gasteiger partial charge on any atom is 0.335 e. The number of rotatable bonds is 12. The summed E-state index contributed by atoms with van der Waals surface area (Å²) in [6, 6.07) is 29.6. The number of aryl methyl sites for hydroxylation is 1. The maximum absolute atomic E-state index is 14.4. The molecular formula is C40H40FN3O5. The number of ether oxygens (including phenoxy) is 3. The third-order valence-electron chi connectivity index (χ3n) is 8.04. The number of methoxy groups -OCH3 is 2. The van der Waals surface area contributed by atoms with Crippen molar-refractivity contribution in [3.63, 3.8) is 0 Å². The van der Waals surface area contributed by atoms with Gasteiger partial charge in [0.2, 0.25) is 5.88 Å². The molecular weight excluding hydrogens is 621 g/mol. The summed E-state index contributed by atoms with van der Waals surface area (Å²) in [5.74, 6) is 0.603. The minimum absolute atomic E-state index is 0.0641. The largest absolute Gasteiger partial charge is 0.497 e. The monoisotopic (exact) mass is 661 g/mol. The standard InChI is InChI=1S/C38H34FN3O5.C2H6/c1-24-10-11-29(32(39)18-24)23-47-37-9-5-8-33(41-37)27-13-12-26(31(20-27)25-6-4-7-30(19-25)46-3)22-36-40-34-15-14-28(38(43)44)21-35(34)42(36)16-17-45-2;1-2/h4-15,18-21H,16-17,22-23H2,1-3H3,(H,43,44);1-2H3. The number of hydrogen-bond donors (Lipinski definition) is 1. The molecule has 0 saturated heterocycles. The van der Waals surface area contributed by atoms with E-state index in [1.807, 2.05) is 73.9 Å². The minimum atomic E-state index is -0.991. The fourth-order valence-corrected chi connectivity index (χ4v) is 5.57. The Morgan fingerprint density at radius 1 is 0.857 bits per heavy atom. The predicted octanol–water partition coefficient (Wildman–Crippen LogP) is 8.76. The third-order valence-corrected chi connectivity index (χ3v) is 8.04. The van der Waals surface area contributed by atoms with Crippen LogP contribution in [0.2, 0.25) is 0 Å². The highest BCUT2D eigenvalue weighted by molar-refractivity contribution is 5.92. The summed E-state index contributed by atoms with van der Waals surface area (Å²) in [7, 11) is 3.27. The van der Waals surface area contributed by atoms with E-state index in [4.69, 9.17) is 24.2 Å². The van der Waals surface area contributed by atoms with E-state index in [1.165, 1.54) is 6.07 Å². The second-order valence-electron chi connectivity index (χ2n) is 11.2. The highest BCUT2D eigenvalue weighted by Gasteiger charge is 2.17. The number of pyridine rings is 1. The predicted molar refractivity (Wildman–Crippen MR) is 190 cm³/mol. The summed E-state index contributed by atoms with van der Waals surface area (Å²) in [6.45, 7) is 6.87. The van der Waals surface area contributed by atoms with Gasteiger partial charge in [0, 0.05) is 37.3 Å². The topological polar surface area (TPSA) is 95.7 Å². The quantitative estimate of drug-likeness (QED) is 0.140. The van der Waals surface area contributed by atoms with Crippen LogP contribution in [0, 0.1) is 12.7 Å². The van der Waals surface area contributed by atoms with Crippen molar-refractivity contribution in [2.75, 3.05) is 20.8 Å². The van der Waals surface area contributed by atoms with Gasteiger partial charge in [-0.25, -0.2) is 19.2 Å². The number of fused-ring (bicyclic) bond motifs is 1. The summed E-state index contributed by atoms with van der Waals surface area (Å²) < 4.78 is 33.2. The van der Waals surface area contributed by atoms with Crippen LogP contribution in [0.1, 0.15) is 46.7 Å². The Labute approximate surface area is 285 Å². The molecule has 0 radical (unpaired) electrons. The molecule has 4 aromatic carbocycles. The number of carboxylic acids is 1. The average molecular weight is 662 g/mol. The molecule has 0 aliphatic rings. The van der Waals surface area contributed by atoms with E-state index in [9.17, 15) is 14.3 Å². The van der Waals surface area contributed by atoms with Crippen molar-refractivity contribution in [3.8, 4) is 34.0 Å². The molecule has 49 heavy (non-hydrogen) atoms. The van der Waals surface area contributed by atoms with E-state index in [2.05, 4.69) is 12.1 Å². The SMILES string of the molecule is CC.COCCn1c(Cc2ccc(-c3cccc(OCc4ccc(C)cc4F)n3)cc2-c2cccc(OC)c2)nc2ccc(C(=O)O)cc21. The first-order valence-electron chi connectivity index (χ1n) is 16.2. The van der Waals surface area contributed by atoms with Gasteiger partial charge in [0.15, 0.2) is 0 Å². The summed E-state index contributed by atoms with van der Waals surface area (Å²) in [5.41, 5.74) is 7.47. The zero-order valence-corrected chi connectivity index (χ0v) is 28.4. The van der Waals surface area contributed by atoms with Crippen LogP contribution in [0.15, 0.2) is 97.1 Å². The number of nitrogens with zero attached hydrogens (tertiary/aromatic N) is 3. The lowest BCUT2D eigenvalue weighted by Crippen LogP contribution is -2.10. The first kappa shape index (κ1) is 34.8. The molecule has 0 saturated carbocycles. The second kappa shape index (κ2) is 16.0. The molecule has 0 aliphatic heterocycles. The highest BCUT2D eigenvalue weighted by atomic mass is 19.1. The van der Waals surface area contributed by atoms with Crippen LogP contribution in [-0.2, 0) is 24.3 Å². The zero-order chi connectivity index (χ0) is 34.9. The van der Waals surface area contributed by atoms with Crippen LogP contribution >= 0.6 is 0 Å². The van der Waals surface area contributed by atoms with Crippen LogP contribution in [0.4, 0.5) is 4.39 Å². The smallest absolute Gasteiger partial charge is 0.335 e. The molecule has 0 amide bonds. The summed E-state index contributed by atoms with van der Waals surface area (Å²) >= 11 is 0. The Bertz CT molecular complexity index is 2070. The molecule has 2 heterocycles.